The fourth-order valence-electron chi connectivity index (χ4n) is 3.29. The summed E-state index contributed by atoms with van der Waals surface area (Å²) in [5, 5.41) is 2.91. The lowest BCUT2D eigenvalue weighted by atomic mass is 10.1. The summed E-state index contributed by atoms with van der Waals surface area (Å²) in [5.41, 5.74) is 2.92. The van der Waals surface area contributed by atoms with Crippen molar-refractivity contribution in [1.29, 1.82) is 0 Å². The van der Waals surface area contributed by atoms with E-state index in [-0.39, 0.29) is 18.5 Å². The monoisotopic (exact) mass is 444 g/mol. The topological polar surface area (TPSA) is 76.0 Å². The van der Waals surface area contributed by atoms with Gasteiger partial charge in [0, 0.05) is 58.5 Å². The highest BCUT2D eigenvalue weighted by atomic mass is 16.5. The Bertz CT molecular complexity index is 835. The summed E-state index contributed by atoms with van der Waals surface area (Å²) < 4.78 is 12.3. The molecule has 1 N–H and O–H groups in total. The van der Waals surface area contributed by atoms with Crippen LogP contribution in [-0.2, 0) is 34.3 Å². The van der Waals surface area contributed by atoms with Gasteiger partial charge in [-0.3, -0.25) is 4.79 Å². The van der Waals surface area contributed by atoms with Crippen molar-refractivity contribution in [3.05, 3.63) is 53.9 Å². The highest BCUT2D eigenvalue weighted by molar-refractivity contribution is 5.92. The summed E-state index contributed by atoms with van der Waals surface area (Å²) in [5.74, 6) is -0.128. The number of nitrogens with one attached hydrogen (secondary N) is 1. The van der Waals surface area contributed by atoms with Crippen molar-refractivity contribution < 1.29 is 19.1 Å². The zero-order valence-corrected chi connectivity index (χ0v) is 19.7. The van der Waals surface area contributed by atoms with Gasteiger partial charge in [0.2, 0.25) is 5.91 Å². The van der Waals surface area contributed by atoms with Gasteiger partial charge in [-0.15, -0.1) is 0 Å². The predicted octanol–water partition coefficient (Wildman–Crippen LogP) is 3.13. The van der Waals surface area contributed by atoms with Crippen LogP contribution in [0.1, 0.15) is 24.6 Å². The number of carbonyl (C=O) groups is 2. The first-order chi connectivity index (χ1) is 15.5. The van der Waals surface area contributed by atoms with E-state index >= 15 is 0 Å². The molecule has 8 heteroatoms. The van der Waals surface area contributed by atoms with Crippen molar-refractivity contribution in [2.45, 2.75) is 26.3 Å². The van der Waals surface area contributed by atoms with Gasteiger partial charge in [0.1, 0.15) is 6.54 Å². The Morgan fingerprint density at radius 1 is 1.00 bits per heavy atom. The van der Waals surface area contributed by atoms with E-state index < -0.39 is 0 Å². The number of rotatable bonds is 13. The van der Waals surface area contributed by atoms with Gasteiger partial charge in [-0.1, -0.05) is 19.1 Å². The number of carbonyl (C=O) groups excluding carboxylic acids is 2. The van der Waals surface area contributed by atoms with Crippen LogP contribution in [0.2, 0.25) is 0 Å². The fourth-order valence-corrected chi connectivity index (χ4v) is 3.29. The molecule has 0 saturated heterocycles. The number of aryl methyl sites for hydroxylation is 2. The van der Waals surface area contributed by atoms with Gasteiger partial charge in [0.05, 0.1) is 13.2 Å². The van der Waals surface area contributed by atoms with Gasteiger partial charge in [-0.2, -0.15) is 0 Å². The lowest BCUT2D eigenvalue weighted by molar-refractivity contribution is -0.133. The molecule has 176 valence electrons. The second-order valence-corrected chi connectivity index (χ2v) is 7.67. The maximum absolute atomic E-state index is 13.2. The number of ether oxygens (including phenoxy) is 2. The van der Waals surface area contributed by atoms with E-state index in [4.69, 9.17) is 9.47 Å². The summed E-state index contributed by atoms with van der Waals surface area (Å²) in [6.07, 6.45) is 3.52. The number of aromatic nitrogens is 1. The number of methoxy groups -OCH3 is 2. The first-order valence-electron chi connectivity index (χ1n) is 11.0. The Kier molecular flexibility index (Phi) is 10.8. The fraction of sp³-hybridized carbons (Fsp3) is 0.500. The molecule has 0 radical (unpaired) electrons. The minimum atomic E-state index is -0.302. The quantitative estimate of drug-likeness (QED) is 0.482. The van der Waals surface area contributed by atoms with Gasteiger partial charge in [-0.25, -0.2) is 4.79 Å². The minimum absolute atomic E-state index is 0.0171. The molecule has 8 nitrogen and oxygen atoms in total. The zero-order chi connectivity index (χ0) is 23.3. The van der Waals surface area contributed by atoms with Crippen LogP contribution in [-0.4, -0.2) is 73.4 Å². The number of hydrogen-bond acceptors (Lipinski definition) is 4. The van der Waals surface area contributed by atoms with E-state index in [1.165, 1.54) is 5.56 Å². The van der Waals surface area contributed by atoms with Crippen LogP contribution in [0.5, 0.6) is 0 Å². The maximum Gasteiger partial charge on any atom is 0.322 e. The standard InChI is InChI=1S/C24H36N4O4/c1-5-20-9-11-21(12-10-20)25-24(30)28(14-7-16-31-3)19-23(29)27(15-17-32-4)18-22-8-6-13-26(22)2/h6,8-13H,5,7,14-19H2,1-4H3,(H,25,30). The molecule has 0 fully saturated rings. The first kappa shape index (κ1) is 25.4. The molecule has 1 heterocycles. The van der Waals surface area contributed by atoms with Crippen molar-refractivity contribution in [2.24, 2.45) is 7.05 Å². The summed E-state index contributed by atoms with van der Waals surface area (Å²) in [7, 11) is 5.18. The predicted molar refractivity (Wildman–Crippen MR) is 126 cm³/mol. The van der Waals surface area contributed by atoms with Gasteiger partial charge >= 0.3 is 6.03 Å². The van der Waals surface area contributed by atoms with Crippen molar-refractivity contribution in [3.8, 4) is 0 Å². The third-order valence-corrected chi connectivity index (χ3v) is 5.33. The van der Waals surface area contributed by atoms with Crippen LogP contribution in [0, 0.1) is 0 Å². The third kappa shape index (κ3) is 8.01. The smallest absolute Gasteiger partial charge is 0.322 e. The van der Waals surface area contributed by atoms with E-state index in [2.05, 4.69) is 12.2 Å². The number of hydrogen-bond donors (Lipinski definition) is 1. The average molecular weight is 445 g/mol. The van der Waals surface area contributed by atoms with E-state index in [0.29, 0.717) is 45.0 Å². The summed E-state index contributed by atoms with van der Waals surface area (Å²) in [6, 6.07) is 11.4. The summed E-state index contributed by atoms with van der Waals surface area (Å²) in [6.45, 7) is 4.33. The second kappa shape index (κ2) is 13.5. The molecule has 1 aromatic carbocycles. The molecule has 2 aromatic rings. The number of anilines is 1. The van der Waals surface area contributed by atoms with Gasteiger partial charge < -0.3 is 29.2 Å². The largest absolute Gasteiger partial charge is 0.385 e. The lowest BCUT2D eigenvalue weighted by Gasteiger charge is -2.28. The molecule has 2 rings (SSSR count). The molecule has 0 unspecified atom stereocenters. The molecule has 0 aliphatic carbocycles. The molecular formula is C24H36N4O4. The zero-order valence-electron chi connectivity index (χ0n) is 19.7. The van der Waals surface area contributed by atoms with Crippen LogP contribution in [0.4, 0.5) is 10.5 Å². The number of benzene rings is 1. The van der Waals surface area contributed by atoms with Crippen LogP contribution < -0.4 is 5.32 Å². The number of nitrogens with zero attached hydrogens (tertiary/aromatic N) is 3. The van der Waals surface area contributed by atoms with Crippen molar-refractivity contribution in [1.82, 2.24) is 14.4 Å². The van der Waals surface area contributed by atoms with E-state index in [1.54, 1.807) is 24.0 Å². The Morgan fingerprint density at radius 3 is 2.31 bits per heavy atom. The Balaban J connectivity index is 2.09. The van der Waals surface area contributed by atoms with Crippen LogP contribution in [0.3, 0.4) is 0 Å². The SMILES string of the molecule is CCc1ccc(NC(=O)N(CCCOC)CC(=O)N(CCOC)Cc2cccn2C)cc1. The highest BCUT2D eigenvalue weighted by Gasteiger charge is 2.22. The number of amides is 3. The molecule has 0 spiro atoms. The van der Waals surface area contributed by atoms with E-state index in [9.17, 15) is 9.59 Å². The summed E-state index contributed by atoms with van der Waals surface area (Å²) >= 11 is 0. The Morgan fingerprint density at radius 2 is 1.72 bits per heavy atom. The van der Waals surface area contributed by atoms with Crippen molar-refractivity contribution in [2.75, 3.05) is 52.4 Å². The van der Waals surface area contributed by atoms with Crippen LogP contribution >= 0.6 is 0 Å². The van der Waals surface area contributed by atoms with Crippen LogP contribution in [0.15, 0.2) is 42.6 Å². The molecule has 0 aliphatic heterocycles. The van der Waals surface area contributed by atoms with Crippen molar-refractivity contribution in [3.63, 3.8) is 0 Å². The molecule has 1 aromatic heterocycles. The minimum Gasteiger partial charge on any atom is -0.385 e. The Hall–Kier alpha value is -2.84. The normalized spacial score (nSPS) is 10.8. The molecule has 0 atom stereocenters. The van der Waals surface area contributed by atoms with Crippen LogP contribution in [0.25, 0.3) is 0 Å². The molecule has 3 amide bonds. The highest BCUT2D eigenvalue weighted by Crippen LogP contribution is 2.12. The van der Waals surface area contributed by atoms with Gasteiger partial charge in [0.25, 0.3) is 0 Å². The van der Waals surface area contributed by atoms with E-state index in [1.807, 2.05) is 54.2 Å². The third-order valence-electron chi connectivity index (χ3n) is 5.33. The second-order valence-electron chi connectivity index (χ2n) is 7.67. The van der Waals surface area contributed by atoms with E-state index in [0.717, 1.165) is 12.1 Å². The average Bonchev–Trinajstić information content (AvgIpc) is 3.20. The number of urea groups is 1. The van der Waals surface area contributed by atoms with Crippen molar-refractivity contribution >= 4 is 17.6 Å². The molecule has 0 saturated carbocycles. The molecule has 32 heavy (non-hydrogen) atoms. The summed E-state index contributed by atoms with van der Waals surface area (Å²) in [4.78, 5) is 29.4. The Labute approximate surface area is 191 Å². The molecular weight excluding hydrogens is 408 g/mol. The first-order valence-corrected chi connectivity index (χ1v) is 11.0. The van der Waals surface area contributed by atoms with Gasteiger partial charge in [0.15, 0.2) is 0 Å². The molecule has 0 bridgehead atoms. The maximum atomic E-state index is 13.2. The molecule has 0 aliphatic rings. The lowest BCUT2D eigenvalue weighted by Crippen LogP contribution is -2.45. The van der Waals surface area contributed by atoms with Gasteiger partial charge in [-0.05, 0) is 42.7 Å².